The highest BCUT2D eigenvalue weighted by Crippen LogP contribution is 2.28. The number of H-pyrrole nitrogens is 1. The van der Waals surface area contributed by atoms with Crippen molar-refractivity contribution in [2.45, 2.75) is 12.8 Å². The molecule has 0 bridgehead atoms. The van der Waals surface area contributed by atoms with E-state index in [2.05, 4.69) is 20.5 Å². The van der Waals surface area contributed by atoms with E-state index in [9.17, 15) is 4.79 Å². The average Bonchev–Trinajstić information content (AvgIpc) is 2.91. The van der Waals surface area contributed by atoms with Gasteiger partial charge < -0.3 is 11.1 Å². The number of rotatable bonds is 5. The van der Waals surface area contributed by atoms with E-state index in [0.717, 1.165) is 12.2 Å². The molecule has 1 heterocycles. The number of aryl methyl sites for hydroxylation is 1. The highest BCUT2D eigenvalue weighted by molar-refractivity contribution is 6.44. The number of aromatic nitrogens is 3. The average molecular weight is 314 g/mol. The van der Waals surface area contributed by atoms with E-state index in [4.69, 9.17) is 28.9 Å². The summed E-state index contributed by atoms with van der Waals surface area (Å²) in [6.07, 6.45) is 2.88. The van der Waals surface area contributed by atoms with Crippen LogP contribution in [0.2, 0.25) is 10.0 Å². The number of anilines is 1. The van der Waals surface area contributed by atoms with Crippen LogP contribution in [0.15, 0.2) is 18.5 Å². The largest absolute Gasteiger partial charge is 0.399 e. The zero-order valence-corrected chi connectivity index (χ0v) is 12.0. The lowest BCUT2D eigenvalue weighted by atomic mass is 10.2. The zero-order valence-electron chi connectivity index (χ0n) is 10.5. The molecule has 0 saturated carbocycles. The van der Waals surface area contributed by atoms with Gasteiger partial charge in [-0.15, -0.1) is 0 Å². The Morgan fingerprint density at radius 2 is 2.20 bits per heavy atom. The fourth-order valence-electron chi connectivity index (χ4n) is 1.68. The van der Waals surface area contributed by atoms with Crippen LogP contribution in [0.25, 0.3) is 0 Å². The first-order chi connectivity index (χ1) is 9.58. The Balaban J connectivity index is 1.89. The van der Waals surface area contributed by atoms with Crippen LogP contribution in [0.4, 0.5) is 5.69 Å². The van der Waals surface area contributed by atoms with Gasteiger partial charge in [0.25, 0.3) is 5.91 Å². The highest BCUT2D eigenvalue weighted by Gasteiger charge is 2.13. The first-order valence-electron chi connectivity index (χ1n) is 5.95. The quantitative estimate of drug-likeness (QED) is 0.581. The molecule has 0 unspecified atom stereocenters. The van der Waals surface area contributed by atoms with Crippen molar-refractivity contribution in [2.75, 3.05) is 12.3 Å². The second-order valence-electron chi connectivity index (χ2n) is 4.16. The topological polar surface area (TPSA) is 96.7 Å². The monoisotopic (exact) mass is 313 g/mol. The number of carbonyl (C=O) groups excluding carboxylic acids is 1. The van der Waals surface area contributed by atoms with Crippen LogP contribution in [0.3, 0.4) is 0 Å². The molecule has 1 aromatic heterocycles. The molecule has 1 amide bonds. The molecule has 0 aliphatic rings. The van der Waals surface area contributed by atoms with E-state index in [1.165, 1.54) is 18.5 Å². The van der Waals surface area contributed by atoms with Gasteiger partial charge in [0.2, 0.25) is 0 Å². The Labute approximate surface area is 125 Å². The lowest BCUT2D eigenvalue weighted by Gasteiger charge is -2.08. The third-order valence-corrected chi connectivity index (χ3v) is 3.44. The lowest BCUT2D eigenvalue weighted by molar-refractivity contribution is 0.0953. The van der Waals surface area contributed by atoms with Crippen molar-refractivity contribution < 1.29 is 4.79 Å². The Morgan fingerprint density at radius 1 is 1.40 bits per heavy atom. The van der Waals surface area contributed by atoms with E-state index in [0.29, 0.717) is 18.7 Å². The van der Waals surface area contributed by atoms with Crippen molar-refractivity contribution in [1.29, 1.82) is 0 Å². The van der Waals surface area contributed by atoms with Gasteiger partial charge in [0.1, 0.15) is 12.2 Å². The third kappa shape index (κ3) is 3.61. The molecule has 8 heteroatoms. The van der Waals surface area contributed by atoms with Crippen LogP contribution in [-0.2, 0) is 6.42 Å². The summed E-state index contributed by atoms with van der Waals surface area (Å²) < 4.78 is 0. The van der Waals surface area contributed by atoms with Gasteiger partial charge >= 0.3 is 0 Å². The summed E-state index contributed by atoms with van der Waals surface area (Å²) in [5.74, 6) is 0.478. The molecule has 2 rings (SSSR count). The van der Waals surface area contributed by atoms with Crippen molar-refractivity contribution >= 4 is 34.8 Å². The molecule has 1 aromatic carbocycles. The van der Waals surface area contributed by atoms with Crippen molar-refractivity contribution in [3.8, 4) is 0 Å². The molecule has 2 aromatic rings. The summed E-state index contributed by atoms with van der Waals surface area (Å²) in [5.41, 5.74) is 6.31. The van der Waals surface area contributed by atoms with Crippen LogP contribution >= 0.6 is 23.2 Å². The summed E-state index contributed by atoms with van der Waals surface area (Å²) in [6, 6.07) is 3.00. The minimum absolute atomic E-state index is 0.202. The Hall–Kier alpha value is -1.79. The minimum atomic E-state index is -0.304. The molecule has 0 aliphatic carbocycles. The van der Waals surface area contributed by atoms with Crippen molar-refractivity contribution in [3.63, 3.8) is 0 Å². The van der Waals surface area contributed by atoms with E-state index in [-0.39, 0.29) is 21.5 Å². The Bertz CT molecular complexity index is 600. The summed E-state index contributed by atoms with van der Waals surface area (Å²) in [6.45, 7) is 0.488. The van der Waals surface area contributed by atoms with Crippen LogP contribution in [-0.4, -0.2) is 27.6 Å². The van der Waals surface area contributed by atoms with Gasteiger partial charge in [-0.25, -0.2) is 4.98 Å². The van der Waals surface area contributed by atoms with Gasteiger partial charge in [0.15, 0.2) is 0 Å². The van der Waals surface area contributed by atoms with Crippen LogP contribution in [0.5, 0.6) is 0 Å². The number of amides is 1. The normalized spacial score (nSPS) is 10.5. The van der Waals surface area contributed by atoms with Crippen molar-refractivity contribution in [3.05, 3.63) is 39.9 Å². The Kier molecular flexibility index (Phi) is 4.81. The first kappa shape index (κ1) is 14.6. The molecule has 4 N–H and O–H groups in total. The SMILES string of the molecule is Nc1cc(Cl)c(Cl)c(C(=O)NCCCc2ncn[nH]2)c1. The second kappa shape index (κ2) is 6.58. The zero-order chi connectivity index (χ0) is 14.5. The summed E-state index contributed by atoms with van der Waals surface area (Å²) in [7, 11) is 0. The smallest absolute Gasteiger partial charge is 0.252 e. The van der Waals surface area contributed by atoms with Crippen LogP contribution < -0.4 is 11.1 Å². The number of hydrogen-bond donors (Lipinski definition) is 3. The number of nitrogens with two attached hydrogens (primary N) is 1. The second-order valence-corrected chi connectivity index (χ2v) is 4.94. The molecule has 106 valence electrons. The molecular weight excluding hydrogens is 301 g/mol. The van der Waals surface area contributed by atoms with E-state index < -0.39 is 0 Å². The number of nitrogens with zero attached hydrogens (tertiary/aromatic N) is 2. The molecule has 0 fully saturated rings. The molecule has 6 nitrogen and oxygen atoms in total. The number of benzene rings is 1. The number of halogens is 2. The van der Waals surface area contributed by atoms with E-state index >= 15 is 0 Å². The minimum Gasteiger partial charge on any atom is -0.399 e. The molecule has 0 saturated heterocycles. The van der Waals surface area contributed by atoms with Gasteiger partial charge in [0, 0.05) is 18.7 Å². The fraction of sp³-hybridized carbons (Fsp3) is 0.250. The van der Waals surface area contributed by atoms with Crippen LogP contribution in [0.1, 0.15) is 22.6 Å². The standard InChI is InChI=1S/C12H13Cl2N5O/c13-9-5-7(15)4-8(11(9)14)12(20)16-3-1-2-10-17-6-18-19-10/h4-6H,1-3,15H2,(H,16,20)(H,17,18,19). The van der Waals surface area contributed by atoms with Crippen LogP contribution in [0, 0.1) is 0 Å². The third-order valence-electron chi connectivity index (χ3n) is 2.64. The van der Waals surface area contributed by atoms with Gasteiger partial charge in [0.05, 0.1) is 15.6 Å². The molecular formula is C12H13Cl2N5O. The molecule has 0 aliphatic heterocycles. The van der Waals surface area contributed by atoms with E-state index in [1.54, 1.807) is 0 Å². The maximum Gasteiger partial charge on any atom is 0.252 e. The summed E-state index contributed by atoms with van der Waals surface area (Å²) in [4.78, 5) is 16.0. The lowest BCUT2D eigenvalue weighted by Crippen LogP contribution is -2.25. The molecule has 0 spiro atoms. The van der Waals surface area contributed by atoms with E-state index in [1.807, 2.05) is 0 Å². The maximum atomic E-state index is 12.0. The number of nitrogens with one attached hydrogen (secondary N) is 2. The van der Waals surface area contributed by atoms with Crippen molar-refractivity contribution in [2.24, 2.45) is 0 Å². The predicted octanol–water partition coefficient (Wildman–Crippen LogP) is 2.06. The summed E-state index contributed by atoms with van der Waals surface area (Å²) >= 11 is 11.9. The van der Waals surface area contributed by atoms with Crippen molar-refractivity contribution in [1.82, 2.24) is 20.5 Å². The highest BCUT2D eigenvalue weighted by atomic mass is 35.5. The van der Waals surface area contributed by atoms with Gasteiger partial charge in [-0.2, -0.15) is 5.10 Å². The van der Waals surface area contributed by atoms with Gasteiger partial charge in [-0.1, -0.05) is 23.2 Å². The number of aromatic amines is 1. The van der Waals surface area contributed by atoms with Gasteiger partial charge in [-0.3, -0.25) is 9.89 Å². The number of carbonyl (C=O) groups is 1. The number of nitrogen functional groups attached to an aromatic ring is 1. The van der Waals surface area contributed by atoms with Gasteiger partial charge in [-0.05, 0) is 18.6 Å². The molecule has 0 radical (unpaired) electrons. The molecule has 20 heavy (non-hydrogen) atoms. The summed E-state index contributed by atoms with van der Waals surface area (Å²) in [5, 5.41) is 9.72. The molecule has 0 atom stereocenters. The predicted molar refractivity (Wildman–Crippen MR) is 77.9 cm³/mol. The Morgan fingerprint density at radius 3 is 2.90 bits per heavy atom. The number of hydrogen-bond acceptors (Lipinski definition) is 4. The fourth-order valence-corrected chi connectivity index (χ4v) is 2.10. The maximum absolute atomic E-state index is 12.0. The first-order valence-corrected chi connectivity index (χ1v) is 6.70.